The minimum atomic E-state index is 0.229. The molecule has 1 aromatic carbocycles. The summed E-state index contributed by atoms with van der Waals surface area (Å²) in [4.78, 5) is 7.03. The van der Waals surface area contributed by atoms with Gasteiger partial charge in [-0.05, 0) is 38.4 Å². The second-order valence-corrected chi connectivity index (χ2v) is 6.16. The number of hydrogen-bond donors (Lipinski definition) is 2. The highest BCUT2D eigenvalue weighted by Crippen LogP contribution is 2.26. The Labute approximate surface area is 145 Å². The lowest BCUT2D eigenvalue weighted by Crippen LogP contribution is -2.43. The summed E-state index contributed by atoms with van der Waals surface area (Å²) in [6.07, 6.45) is 3.84. The Hall–Kier alpha value is -2.33. The van der Waals surface area contributed by atoms with Gasteiger partial charge in [0.2, 0.25) is 0 Å². The van der Waals surface area contributed by atoms with Crippen LogP contribution in [-0.2, 0) is 6.54 Å². The van der Waals surface area contributed by atoms with Gasteiger partial charge < -0.3 is 15.5 Å². The molecule has 0 aromatic heterocycles. The van der Waals surface area contributed by atoms with Crippen molar-refractivity contribution in [2.45, 2.75) is 32.4 Å². The third-order valence-corrected chi connectivity index (χ3v) is 4.46. The molecule has 128 valence electrons. The molecule has 0 aliphatic carbocycles. The van der Waals surface area contributed by atoms with Crippen LogP contribution in [0.15, 0.2) is 54.3 Å². The maximum atomic E-state index is 4.85. The van der Waals surface area contributed by atoms with Gasteiger partial charge in [0.15, 0.2) is 0 Å². The Morgan fingerprint density at radius 3 is 2.83 bits per heavy atom. The molecule has 0 radical (unpaired) electrons. The molecule has 4 nitrogen and oxygen atoms in total. The van der Waals surface area contributed by atoms with Gasteiger partial charge in [-0.3, -0.25) is 0 Å². The quantitative estimate of drug-likeness (QED) is 0.639. The number of rotatable bonds is 5. The van der Waals surface area contributed by atoms with Gasteiger partial charge in [0.1, 0.15) is 5.84 Å². The van der Waals surface area contributed by atoms with Gasteiger partial charge in [-0.15, -0.1) is 0 Å². The van der Waals surface area contributed by atoms with Crippen molar-refractivity contribution in [2.75, 3.05) is 14.1 Å². The molecule has 2 N–H and O–H groups in total. The van der Waals surface area contributed by atoms with Crippen LogP contribution in [0.25, 0.3) is 6.08 Å². The summed E-state index contributed by atoms with van der Waals surface area (Å²) in [6, 6.07) is 6.40. The molecule has 1 fully saturated rings. The molecule has 1 aromatic rings. The monoisotopic (exact) mass is 324 g/mol. The summed E-state index contributed by atoms with van der Waals surface area (Å²) in [5, 5.41) is 6.46. The highest BCUT2D eigenvalue weighted by Gasteiger charge is 2.23. The van der Waals surface area contributed by atoms with Gasteiger partial charge in [-0.2, -0.15) is 0 Å². The van der Waals surface area contributed by atoms with E-state index < -0.39 is 0 Å². The second kappa shape index (κ2) is 7.97. The van der Waals surface area contributed by atoms with E-state index in [4.69, 9.17) is 4.99 Å². The van der Waals surface area contributed by atoms with Crippen molar-refractivity contribution in [3.63, 3.8) is 0 Å². The molecule has 1 unspecified atom stereocenters. The zero-order valence-electron chi connectivity index (χ0n) is 15.0. The Balaban J connectivity index is 2.27. The summed E-state index contributed by atoms with van der Waals surface area (Å²) in [5.41, 5.74) is 5.24. The fourth-order valence-electron chi connectivity index (χ4n) is 3.04. The van der Waals surface area contributed by atoms with E-state index in [0.29, 0.717) is 0 Å². The maximum absolute atomic E-state index is 4.85. The van der Waals surface area contributed by atoms with Gasteiger partial charge in [0.05, 0.1) is 11.7 Å². The number of benzene rings is 1. The predicted molar refractivity (Wildman–Crippen MR) is 104 cm³/mol. The number of amidine groups is 1. The minimum absolute atomic E-state index is 0.229. The smallest absolute Gasteiger partial charge is 0.102 e. The van der Waals surface area contributed by atoms with Crippen LogP contribution >= 0.6 is 0 Å². The highest BCUT2D eigenvalue weighted by atomic mass is 15.2. The van der Waals surface area contributed by atoms with Crippen molar-refractivity contribution in [1.29, 1.82) is 0 Å². The van der Waals surface area contributed by atoms with Crippen LogP contribution in [-0.4, -0.2) is 30.9 Å². The fraction of sp³-hybridized carbons (Fsp3) is 0.350. The number of piperidine rings is 1. The van der Waals surface area contributed by atoms with E-state index in [1.54, 1.807) is 0 Å². The molecule has 1 aliphatic rings. The summed E-state index contributed by atoms with van der Waals surface area (Å²) < 4.78 is 0. The minimum Gasteiger partial charge on any atom is -0.362 e. The highest BCUT2D eigenvalue weighted by molar-refractivity contribution is 5.84. The average molecular weight is 324 g/mol. The Bertz CT molecular complexity index is 672. The molecule has 1 aliphatic heterocycles. The van der Waals surface area contributed by atoms with Gasteiger partial charge in [0, 0.05) is 30.5 Å². The number of aliphatic imine (C=N–C) groups is 1. The normalized spacial score (nSPS) is 18.3. The molecule has 0 saturated carbocycles. The van der Waals surface area contributed by atoms with Crippen molar-refractivity contribution in [1.82, 2.24) is 15.5 Å². The lowest BCUT2D eigenvalue weighted by Gasteiger charge is -2.35. The third kappa shape index (κ3) is 3.95. The van der Waals surface area contributed by atoms with Crippen LogP contribution in [0, 0.1) is 0 Å². The third-order valence-electron chi connectivity index (χ3n) is 4.46. The first kappa shape index (κ1) is 18.0. The Morgan fingerprint density at radius 2 is 2.21 bits per heavy atom. The summed E-state index contributed by atoms with van der Waals surface area (Å²) in [7, 11) is 4.01. The molecule has 1 atom stereocenters. The molecule has 0 bridgehead atoms. The zero-order chi connectivity index (χ0) is 17.7. The lowest BCUT2D eigenvalue weighted by atomic mass is 10.0. The molecule has 2 rings (SSSR count). The largest absolute Gasteiger partial charge is 0.362 e. The van der Waals surface area contributed by atoms with Crippen molar-refractivity contribution in [2.24, 2.45) is 4.99 Å². The van der Waals surface area contributed by atoms with E-state index in [-0.39, 0.29) is 6.04 Å². The van der Waals surface area contributed by atoms with Crippen molar-refractivity contribution < 1.29 is 0 Å². The first-order chi connectivity index (χ1) is 11.5. The summed E-state index contributed by atoms with van der Waals surface area (Å²) in [6.45, 7) is 14.9. The van der Waals surface area contributed by atoms with E-state index in [9.17, 15) is 0 Å². The molecule has 24 heavy (non-hydrogen) atoms. The van der Waals surface area contributed by atoms with E-state index >= 15 is 0 Å². The number of allylic oxidation sites excluding steroid dienone is 1. The summed E-state index contributed by atoms with van der Waals surface area (Å²) >= 11 is 0. The van der Waals surface area contributed by atoms with Crippen LogP contribution in [0.4, 0.5) is 5.69 Å². The summed E-state index contributed by atoms with van der Waals surface area (Å²) in [5.74, 6) is 0.958. The predicted octanol–water partition coefficient (Wildman–Crippen LogP) is 3.81. The van der Waals surface area contributed by atoms with E-state index in [1.807, 2.05) is 32.2 Å². The van der Waals surface area contributed by atoms with Gasteiger partial charge in [0.25, 0.3) is 0 Å². The standard InChI is InChI=1S/C20H28N4/c1-7-18-17(13-21-5)9-8-10-19(18)23-16(4)24(6)20-12-11-14(2)22-15(20)3/h7-10,20-22H,1-3,11-13H2,4-6H3. The number of likely N-dealkylation sites (N-methyl/N-ethyl adjacent to an activating group) is 1. The van der Waals surface area contributed by atoms with Crippen molar-refractivity contribution in [3.8, 4) is 0 Å². The Kier molecular flexibility index (Phi) is 5.99. The molecule has 4 heteroatoms. The molecule has 1 heterocycles. The average Bonchev–Trinajstić information content (AvgIpc) is 2.55. The van der Waals surface area contributed by atoms with Gasteiger partial charge in [-0.1, -0.05) is 37.9 Å². The number of hydrogen-bond acceptors (Lipinski definition) is 3. The molecular formula is C20H28N4. The van der Waals surface area contributed by atoms with Crippen molar-refractivity contribution >= 4 is 17.6 Å². The fourth-order valence-corrected chi connectivity index (χ4v) is 3.04. The van der Waals surface area contributed by atoms with Crippen LogP contribution in [0.2, 0.25) is 0 Å². The SMILES string of the molecule is C=Cc1c(CNC)cccc1N=C(C)N(C)C1CCC(=C)NC1=C. The van der Waals surface area contributed by atoms with E-state index in [2.05, 4.69) is 48.4 Å². The Morgan fingerprint density at radius 1 is 1.46 bits per heavy atom. The molecule has 1 saturated heterocycles. The molecule has 0 spiro atoms. The number of nitrogens with one attached hydrogen (secondary N) is 2. The number of nitrogens with zero attached hydrogens (tertiary/aromatic N) is 2. The van der Waals surface area contributed by atoms with E-state index in [1.165, 1.54) is 5.56 Å². The van der Waals surface area contributed by atoms with Gasteiger partial charge >= 0.3 is 0 Å². The van der Waals surface area contributed by atoms with Crippen LogP contribution in [0.3, 0.4) is 0 Å². The maximum Gasteiger partial charge on any atom is 0.102 e. The molecule has 0 amide bonds. The van der Waals surface area contributed by atoms with Gasteiger partial charge in [-0.25, -0.2) is 4.99 Å². The lowest BCUT2D eigenvalue weighted by molar-refractivity contribution is 0.355. The van der Waals surface area contributed by atoms with E-state index in [0.717, 1.165) is 47.9 Å². The first-order valence-corrected chi connectivity index (χ1v) is 8.28. The first-order valence-electron chi connectivity index (χ1n) is 8.28. The zero-order valence-corrected chi connectivity index (χ0v) is 15.0. The van der Waals surface area contributed by atoms with Crippen LogP contribution < -0.4 is 10.6 Å². The van der Waals surface area contributed by atoms with Crippen molar-refractivity contribution in [3.05, 3.63) is 60.5 Å². The topological polar surface area (TPSA) is 39.7 Å². The molecular weight excluding hydrogens is 296 g/mol. The van der Waals surface area contributed by atoms with Crippen LogP contribution in [0.5, 0.6) is 0 Å². The second-order valence-electron chi connectivity index (χ2n) is 6.16. The van der Waals surface area contributed by atoms with Crippen LogP contribution in [0.1, 0.15) is 30.9 Å².